The van der Waals surface area contributed by atoms with Gasteiger partial charge >= 0.3 is 5.97 Å². The van der Waals surface area contributed by atoms with Crippen molar-refractivity contribution in [1.29, 1.82) is 0 Å². The number of rotatable bonds is 2. The minimum Gasteiger partial charge on any atom is -0.616 e. The smallest absolute Gasteiger partial charge is 0.317 e. The first kappa shape index (κ1) is 8.83. The average Bonchev–Trinajstić information content (AvgIpc) is 1.93. The Hall–Kier alpha value is -0.260. The molecule has 4 nitrogen and oxygen atoms in total. The summed E-state index contributed by atoms with van der Waals surface area (Å²) < 4.78 is 10.8. The zero-order valence-electron chi connectivity index (χ0n) is 6.15. The van der Waals surface area contributed by atoms with Gasteiger partial charge in [0.25, 0.3) is 0 Å². The van der Waals surface area contributed by atoms with Crippen LogP contribution in [0.4, 0.5) is 0 Å². The molecule has 5 heteroatoms. The van der Waals surface area contributed by atoms with Crippen LogP contribution in [0.1, 0.15) is 0 Å². The first-order valence-electron chi connectivity index (χ1n) is 3.47. The first-order valence-corrected chi connectivity index (χ1v) is 4.96. The first-order chi connectivity index (χ1) is 5.18. The lowest BCUT2D eigenvalue weighted by Crippen LogP contribution is -2.42. The standard InChI is InChI=1S/C6H11NO3S/c8-6(9)5-7-1-3-11(10)4-2-7/h1-5H2,(H,8,9). The molecule has 0 radical (unpaired) electrons. The number of hydrogen-bond donors (Lipinski definition) is 1. The second-order valence-corrected chi connectivity index (χ2v) is 4.21. The highest BCUT2D eigenvalue weighted by molar-refractivity contribution is 7.91. The van der Waals surface area contributed by atoms with E-state index in [1.807, 2.05) is 4.90 Å². The number of nitrogens with zero attached hydrogens (tertiary/aromatic N) is 1. The molecule has 1 fully saturated rings. The molecule has 0 atom stereocenters. The Balaban J connectivity index is 2.22. The molecule has 11 heavy (non-hydrogen) atoms. The molecule has 0 aliphatic carbocycles. The van der Waals surface area contributed by atoms with E-state index in [4.69, 9.17) is 5.11 Å². The van der Waals surface area contributed by atoms with Gasteiger partial charge in [-0.2, -0.15) is 0 Å². The molecule has 1 heterocycles. The van der Waals surface area contributed by atoms with E-state index in [1.54, 1.807) is 0 Å². The second kappa shape index (κ2) is 3.94. The molecule has 0 saturated carbocycles. The third-order valence-corrected chi connectivity index (χ3v) is 2.91. The highest BCUT2D eigenvalue weighted by atomic mass is 32.2. The largest absolute Gasteiger partial charge is 0.616 e. The van der Waals surface area contributed by atoms with E-state index in [0.717, 1.165) is 0 Å². The number of aliphatic carboxylic acids is 1. The zero-order chi connectivity index (χ0) is 8.27. The van der Waals surface area contributed by atoms with Crippen LogP contribution in [0.25, 0.3) is 0 Å². The fourth-order valence-electron chi connectivity index (χ4n) is 1.03. The molecule has 0 amide bonds. The monoisotopic (exact) mass is 177 g/mol. The van der Waals surface area contributed by atoms with Gasteiger partial charge in [0.15, 0.2) is 0 Å². The van der Waals surface area contributed by atoms with Gasteiger partial charge in [-0.15, -0.1) is 0 Å². The normalized spacial score (nSPS) is 21.9. The molecule has 1 aliphatic heterocycles. The van der Waals surface area contributed by atoms with Gasteiger partial charge in [-0.05, 0) is 0 Å². The van der Waals surface area contributed by atoms with Gasteiger partial charge in [0.2, 0.25) is 0 Å². The molecule has 0 aromatic carbocycles. The zero-order valence-corrected chi connectivity index (χ0v) is 6.97. The topological polar surface area (TPSA) is 63.6 Å². The molecule has 0 aromatic heterocycles. The van der Waals surface area contributed by atoms with Gasteiger partial charge in [0, 0.05) is 13.1 Å². The molecule has 1 N–H and O–H groups in total. The number of carboxylic acid groups (broad SMARTS) is 1. The fourth-order valence-corrected chi connectivity index (χ4v) is 2.15. The Bertz CT molecular complexity index is 145. The summed E-state index contributed by atoms with van der Waals surface area (Å²) in [5.41, 5.74) is 0. The van der Waals surface area contributed by atoms with E-state index in [0.29, 0.717) is 24.6 Å². The van der Waals surface area contributed by atoms with E-state index in [9.17, 15) is 9.35 Å². The quantitative estimate of drug-likeness (QED) is 0.557. The molecule has 0 spiro atoms. The van der Waals surface area contributed by atoms with Crippen molar-refractivity contribution in [2.45, 2.75) is 0 Å². The molecular formula is C6H11NO3S. The summed E-state index contributed by atoms with van der Waals surface area (Å²) in [4.78, 5) is 12.0. The number of hydrogen-bond acceptors (Lipinski definition) is 3. The van der Waals surface area contributed by atoms with Gasteiger partial charge in [0.1, 0.15) is 11.5 Å². The van der Waals surface area contributed by atoms with Crippen molar-refractivity contribution < 1.29 is 14.5 Å². The van der Waals surface area contributed by atoms with Crippen molar-refractivity contribution >= 4 is 17.1 Å². The minimum atomic E-state index is -0.808. The van der Waals surface area contributed by atoms with Crippen LogP contribution in [-0.4, -0.2) is 51.7 Å². The summed E-state index contributed by atoms with van der Waals surface area (Å²) in [7, 11) is 0. The third-order valence-electron chi connectivity index (χ3n) is 1.63. The summed E-state index contributed by atoms with van der Waals surface area (Å²) in [5, 5.41) is 8.41. The van der Waals surface area contributed by atoms with Crippen LogP contribution < -0.4 is 0 Å². The van der Waals surface area contributed by atoms with Crippen molar-refractivity contribution in [3.63, 3.8) is 0 Å². The lowest BCUT2D eigenvalue weighted by molar-refractivity contribution is -0.138. The molecule has 1 aliphatic rings. The molecular weight excluding hydrogens is 166 g/mol. The molecule has 0 bridgehead atoms. The van der Waals surface area contributed by atoms with Gasteiger partial charge in [-0.1, -0.05) is 11.2 Å². The van der Waals surface area contributed by atoms with Gasteiger partial charge in [-0.25, -0.2) is 0 Å². The van der Waals surface area contributed by atoms with Crippen molar-refractivity contribution in [2.75, 3.05) is 31.1 Å². The molecule has 1 rings (SSSR count). The average molecular weight is 177 g/mol. The molecule has 0 aromatic rings. The maximum Gasteiger partial charge on any atom is 0.317 e. The highest BCUT2D eigenvalue weighted by Crippen LogP contribution is 2.02. The van der Waals surface area contributed by atoms with Gasteiger partial charge in [0.05, 0.1) is 6.54 Å². The van der Waals surface area contributed by atoms with Crippen LogP contribution >= 0.6 is 0 Å². The number of carboxylic acids is 1. The van der Waals surface area contributed by atoms with Crippen LogP contribution in [0, 0.1) is 0 Å². The summed E-state index contributed by atoms with van der Waals surface area (Å²) in [5.74, 6) is 0.429. The minimum absolute atomic E-state index is 0.0806. The fraction of sp³-hybridized carbons (Fsp3) is 0.833. The Kier molecular flexibility index (Phi) is 3.16. The summed E-state index contributed by atoms with van der Waals surface area (Å²) in [6.07, 6.45) is 0. The van der Waals surface area contributed by atoms with Crippen molar-refractivity contribution in [3.05, 3.63) is 0 Å². The van der Waals surface area contributed by atoms with Crippen LogP contribution in [-0.2, 0) is 16.0 Å². The summed E-state index contributed by atoms with van der Waals surface area (Å²) >= 11 is -0.710. The lowest BCUT2D eigenvalue weighted by atomic mass is 10.5. The van der Waals surface area contributed by atoms with E-state index >= 15 is 0 Å². The van der Waals surface area contributed by atoms with Gasteiger partial charge in [-0.3, -0.25) is 9.69 Å². The van der Waals surface area contributed by atoms with Gasteiger partial charge < -0.3 is 9.66 Å². The maximum absolute atomic E-state index is 10.8. The summed E-state index contributed by atoms with van der Waals surface area (Å²) in [6, 6.07) is 0. The van der Waals surface area contributed by atoms with Crippen LogP contribution in [0.5, 0.6) is 0 Å². The van der Waals surface area contributed by atoms with Crippen LogP contribution in [0.15, 0.2) is 0 Å². The molecule has 0 unspecified atom stereocenters. The van der Waals surface area contributed by atoms with Crippen molar-refractivity contribution in [2.24, 2.45) is 0 Å². The van der Waals surface area contributed by atoms with Crippen molar-refractivity contribution in [1.82, 2.24) is 4.90 Å². The van der Waals surface area contributed by atoms with E-state index in [1.165, 1.54) is 0 Å². The molecule has 64 valence electrons. The third kappa shape index (κ3) is 3.09. The Morgan fingerprint density at radius 2 is 2.09 bits per heavy atom. The van der Waals surface area contributed by atoms with Crippen LogP contribution in [0.3, 0.4) is 0 Å². The lowest BCUT2D eigenvalue weighted by Gasteiger charge is -2.26. The van der Waals surface area contributed by atoms with E-state index < -0.39 is 17.1 Å². The summed E-state index contributed by atoms with van der Waals surface area (Å²) in [6.45, 7) is 1.38. The predicted molar refractivity (Wildman–Crippen MR) is 42.0 cm³/mol. The SMILES string of the molecule is O=C(O)CN1CC[S+]([O-])CC1. The van der Waals surface area contributed by atoms with E-state index in [2.05, 4.69) is 0 Å². The Morgan fingerprint density at radius 1 is 1.55 bits per heavy atom. The Labute approximate surface area is 68.4 Å². The van der Waals surface area contributed by atoms with Crippen molar-refractivity contribution in [3.8, 4) is 0 Å². The maximum atomic E-state index is 10.8. The Morgan fingerprint density at radius 3 is 2.55 bits per heavy atom. The predicted octanol–water partition coefficient (Wildman–Crippen LogP) is -0.865. The van der Waals surface area contributed by atoms with Crippen LogP contribution in [0.2, 0.25) is 0 Å². The highest BCUT2D eigenvalue weighted by Gasteiger charge is 2.20. The second-order valence-electron chi connectivity index (χ2n) is 2.52. The molecule has 1 saturated heterocycles. The number of carbonyl (C=O) groups is 1. The van der Waals surface area contributed by atoms with E-state index in [-0.39, 0.29) is 6.54 Å².